The first-order chi connectivity index (χ1) is 9.60. The summed E-state index contributed by atoms with van der Waals surface area (Å²) in [5.41, 5.74) is 0.671. The van der Waals surface area contributed by atoms with Gasteiger partial charge in [0.1, 0.15) is 5.75 Å². The second-order valence-electron chi connectivity index (χ2n) is 5.60. The van der Waals surface area contributed by atoms with Crippen molar-refractivity contribution >= 4 is 0 Å². The molecule has 1 aromatic carbocycles. The van der Waals surface area contributed by atoms with Crippen molar-refractivity contribution in [1.29, 1.82) is 0 Å². The van der Waals surface area contributed by atoms with Gasteiger partial charge in [-0.1, -0.05) is 38.3 Å². The molecule has 0 amide bonds. The Morgan fingerprint density at radius 2 is 2.15 bits per heavy atom. The van der Waals surface area contributed by atoms with Crippen LogP contribution < -0.4 is 4.74 Å². The van der Waals surface area contributed by atoms with Gasteiger partial charge in [0.25, 0.3) is 0 Å². The molecule has 112 valence electrons. The van der Waals surface area contributed by atoms with Crippen molar-refractivity contribution in [2.45, 2.75) is 51.7 Å². The van der Waals surface area contributed by atoms with E-state index in [4.69, 9.17) is 0 Å². The van der Waals surface area contributed by atoms with Crippen molar-refractivity contribution in [2.75, 3.05) is 0 Å². The van der Waals surface area contributed by atoms with Crippen molar-refractivity contribution in [3.63, 3.8) is 0 Å². The molecule has 1 aliphatic carbocycles. The molecule has 20 heavy (non-hydrogen) atoms. The number of ether oxygens (including phenoxy) is 1. The number of hydrogen-bond donors (Lipinski definition) is 1. The topological polar surface area (TPSA) is 29.5 Å². The normalized spacial score (nSPS) is 24.6. The minimum atomic E-state index is -2.83. The molecule has 1 saturated carbocycles. The monoisotopic (exact) mass is 284 g/mol. The average molecular weight is 284 g/mol. The summed E-state index contributed by atoms with van der Waals surface area (Å²) in [6.45, 7) is -0.655. The van der Waals surface area contributed by atoms with Crippen LogP contribution in [0.5, 0.6) is 5.75 Å². The number of aliphatic hydroxyl groups excluding tert-OH is 1. The summed E-state index contributed by atoms with van der Waals surface area (Å²) >= 11 is 0. The van der Waals surface area contributed by atoms with Gasteiger partial charge in [0.05, 0.1) is 6.10 Å². The fourth-order valence-corrected chi connectivity index (χ4v) is 3.14. The molecule has 1 N–H and O–H groups in total. The van der Waals surface area contributed by atoms with E-state index in [0.717, 1.165) is 25.7 Å². The van der Waals surface area contributed by atoms with Crippen LogP contribution in [0.3, 0.4) is 0 Å². The first kappa shape index (κ1) is 15.2. The Kier molecular flexibility index (Phi) is 5.35. The van der Waals surface area contributed by atoms with Crippen LogP contribution in [-0.4, -0.2) is 11.7 Å². The number of benzene rings is 1. The molecule has 0 spiro atoms. The molecule has 0 heterocycles. The maximum absolute atomic E-state index is 12.2. The fourth-order valence-electron chi connectivity index (χ4n) is 3.14. The summed E-state index contributed by atoms with van der Waals surface area (Å²) in [5, 5.41) is 10.5. The Morgan fingerprint density at radius 1 is 1.35 bits per heavy atom. The van der Waals surface area contributed by atoms with Crippen LogP contribution in [-0.2, 0) is 0 Å². The zero-order chi connectivity index (χ0) is 14.5. The Hall–Kier alpha value is -1.16. The molecule has 4 heteroatoms. The van der Waals surface area contributed by atoms with E-state index in [9.17, 15) is 13.9 Å². The lowest BCUT2D eigenvalue weighted by Gasteiger charge is -2.32. The Labute approximate surface area is 118 Å². The number of hydrogen-bond acceptors (Lipinski definition) is 2. The molecule has 0 aromatic heterocycles. The molecule has 1 fully saturated rings. The van der Waals surface area contributed by atoms with E-state index in [1.807, 2.05) is 0 Å². The van der Waals surface area contributed by atoms with E-state index in [1.165, 1.54) is 18.6 Å². The molecule has 3 unspecified atom stereocenters. The summed E-state index contributed by atoms with van der Waals surface area (Å²) in [4.78, 5) is 0. The van der Waals surface area contributed by atoms with Crippen molar-refractivity contribution < 1.29 is 18.6 Å². The standard InChI is InChI=1S/C16H22F2O2/c1-2-11-5-3-6-12(9-11)15(19)13-7-4-8-14(10-13)20-16(17)18/h4,7-8,10-12,15-16,19H,2-3,5-6,9H2,1H3. The highest BCUT2D eigenvalue weighted by atomic mass is 19.3. The van der Waals surface area contributed by atoms with E-state index in [1.54, 1.807) is 12.1 Å². The predicted octanol–water partition coefficient (Wildman–Crippen LogP) is 4.54. The molecule has 0 saturated heterocycles. The van der Waals surface area contributed by atoms with E-state index < -0.39 is 12.7 Å². The Bertz CT molecular complexity index is 423. The second kappa shape index (κ2) is 7.02. The molecule has 2 rings (SSSR count). The van der Waals surface area contributed by atoms with Crippen molar-refractivity contribution in [2.24, 2.45) is 11.8 Å². The van der Waals surface area contributed by atoms with Crippen molar-refractivity contribution in [1.82, 2.24) is 0 Å². The maximum atomic E-state index is 12.2. The van der Waals surface area contributed by atoms with Crippen LogP contribution in [0.1, 0.15) is 50.7 Å². The largest absolute Gasteiger partial charge is 0.435 e. The van der Waals surface area contributed by atoms with Gasteiger partial charge < -0.3 is 9.84 Å². The summed E-state index contributed by atoms with van der Waals surface area (Å²) in [7, 11) is 0. The van der Waals surface area contributed by atoms with Crippen LogP contribution >= 0.6 is 0 Å². The predicted molar refractivity (Wildman–Crippen MR) is 73.8 cm³/mol. The first-order valence-corrected chi connectivity index (χ1v) is 7.33. The van der Waals surface area contributed by atoms with Crippen molar-refractivity contribution in [3.05, 3.63) is 29.8 Å². The summed E-state index contributed by atoms with van der Waals surface area (Å²) < 4.78 is 28.8. The smallest absolute Gasteiger partial charge is 0.387 e. The Morgan fingerprint density at radius 3 is 2.85 bits per heavy atom. The highest BCUT2D eigenvalue weighted by Crippen LogP contribution is 2.38. The van der Waals surface area contributed by atoms with E-state index >= 15 is 0 Å². The van der Waals surface area contributed by atoms with Gasteiger partial charge in [0.15, 0.2) is 0 Å². The molecule has 1 aliphatic rings. The van der Waals surface area contributed by atoms with Crippen LogP contribution in [0.25, 0.3) is 0 Å². The van der Waals surface area contributed by atoms with Gasteiger partial charge in [-0.2, -0.15) is 8.78 Å². The molecular formula is C16H22F2O2. The third-order valence-corrected chi connectivity index (χ3v) is 4.27. The zero-order valence-electron chi connectivity index (χ0n) is 11.8. The zero-order valence-corrected chi connectivity index (χ0v) is 11.8. The van der Waals surface area contributed by atoms with Gasteiger partial charge in [0, 0.05) is 0 Å². The SMILES string of the molecule is CCC1CCCC(C(O)c2cccc(OC(F)F)c2)C1. The molecule has 1 aromatic rings. The number of alkyl halides is 2. The highest BCUT2D eigenvalue weighted by Gasteiger charge is 2.27. The van der Waals surface area contributed by atoms with Gasteiger partial charge in [-0.25, -0.2) is 0 Å². The quantitative estimate of drug-likeness (QED) is 0.860. The summed E-state index contributed by atoms with van der Waals surface area (Å²) in [5.74, 6) is 0.999. The van der Waals surface area contributed by atoms with E-state index in [0.29, 0.717) is 11.5 Å². The number of halogens is 2. The van der Waals surface area contributed by atoms with Crippen LogP contribution in [0.15, 0.2) is 24.3 Å². The molecule has 0 aliphatic heterocycles. The van der Waals surface area contributed by atoms with Crippen LogP contribution in [0.2, 0.25) is 0 Å². The second-order valence-corrected chi connectivity index (χ2v) is 5.60. The molecule has 3 atom stereocenters. The molecule has 0 radical (unpaired) electrons. The minimum Gasteiger partial charge on any atom is -0.435 e. The van der Waals surface area contributed by atoms with Gasteiger partial charge in [0.2, 0.25) is 0 Å². The fraction of sp³-hybridized carbons (Fsp3) is 0.625. The lowest BCUT2D eigenvalue weighted by Crippen LogP contribution is -2.21. The maximum Gasteiger partial charge on any atom is 0.387 e. The molecule has 2 nitrogen and oxygen atoms in total. The van der Waals surface area contributed by atoms with Crippen LogP contribution in [0.4, 0.5) is 8.78 Å². The van der Waals surface area contributed by atoms with Gasteiger partial charge in [-0.05, 0) is 42.4 Å². The van der Waals surface area contributed by atoms with Gasteiger partial charge in [-0.15, -0.1) is 0 Å². The van der Waals surface area contributed by atoms with E-state index in [2.05, 4.69) is 11.7 Å². The lowest BCUT2D eigenvalue weighted by atomic mass is 9.76. The number of rotatable bonds is 5. The summed E-state index contributed by atoms with van der Waals surface area (Å²) in [6.07, 6.45) is 4.92. The molecular weight excluding hydrogens is 262 g/mol. The van der Waals surface area contributed by atoms with Crippen molar-refractivity contribution in [3.8, 4) is 5.75 Å². The van der Waals surface area contributed by atoms with Gasteiger partial charge >= 0.3 is 6.61 Å². The average Bonchev–Trinajstić information content (AvgIpc) is 2.46. The first-order valence-electron chi connectivity index (χ1n) is 7.33. The third-order valence-electron chi connectivity index (χ3n) is 4.27. The van der Waals surface area contributed by atoms with E-state index in [-0.39, 0.29) is 11.7 Å². The minimum absolute atomic E-state index is 0.111. The molecule has 0 bridgehead atoms. The highest BCUT2D eigenvalue weighted by molar-refractivity contribution is 5.30. The third kappa shape index (κ3) is 3.92. The number of aliphatic hydroxyl groups is 1. The Balaban J connectivity index is 2.06. The van der Waals surface area contributed by atoms with Gasteiger partial charge in [-0.3, -0.25) is 0 Å². The summed E-state index contributed by atoms with van der Waals surface area (Å²) in [6, 6.07) is 6.43. The van der Waals surface area contributed by atoms with Crippen LogP contribution in [0, 0.1) is 11.8 Å². The lowest BCUT2D eigenvalue weighted by molar-refractivity contribution is -0.0500.